The lowest BCUT2D eigenvalue weighted by atomic mass is 10.2. The van der Waals surface area contributed by atoms with Gasteiger partial charge >= 0.3 is 0 Å². The van der Waals surface area contributed by atoms with Crippen LogP contribution in [0.1, 0.15) is 5.56 Å². The van der Waals surface area contributed by atoms with Crippen LogP contribution < -0.4 is 0 Å². The van der Waals surface area contributed by atoms with E-state index in [1.54, 1.807) is 6.20 Å². The molecule has 2 rings (SSSR count). The van der Waals surface area contributed by atoms with Gasteiger partial charge in [-0.2, -0.15) is 0 Å². The average molecular weight is 167 g/mol. The SMILES string of the molecule is Cc1c[nH]c2cnc(Cl)cc12. The molecule has 0 aliphatic heterocycles. The van der Waals surface area contributed by atoms with Gasteiger partial charge in [0.2, 0.25) is 0 Å². The lowest BCUT2D eigenvalue weighted by Crippen LogP contribution is -1.74. The van der Waals surface area contributed by atoms with E-state index >= 15 is 0 Å². The second kappa shape index (κ2) is 2.24. The molecule has 2 heterocycles. The van der Waals surface area contributed by atoms with Crippen LogP contribution in [0.2, 0.25) is 5.15 Å². The highest BCUT2D eigenvalue weighted by Gasteiger charge is 1.99. The first kappa shape index (κ1) is 6.68. The van der Waals surface area contributed by atoms with E-state index in [0.717, 1.165) is 10.9 Å². The Morgan fingerprint density at radius 3 is 3.18 bits per heavy atom. The third kappa shape index (κ3) is 0.994. The van der Waals surface area contributed by atoms with Gasteiger partial charge in [0.1, 0.15) is 5.15 Å². The molecule has 3 heteroatoms. The number of H-pyrrole nitrogens is 1. The van der Waals surface area contributed by atoms with Crippen molar-refractivity contribution < 1.29 is 0 Å². The normalized spacial score (nSPS) is 10.7. The number of rotatable bonds is 0. The van der Waals surface area contributed by atoms with E-state index in [1.165, 1.54) is 5.56 Å². The molecule has 2 aromatic heterocycles. The van der Waals surface area contributed by atoms with E-state index in [4.69, 9.17) is 11.6 Å². The van der Waals surface area contributed by atoms with Crippen molar-refractivity contribution in [3.63, 3.8) is 0 Å². The minimum atomic E-state index is 0.542. The molecule has 0 fully saturated rings. The quantitative estimate of drug-likeness (QED) is 0.599. The topological polar surface area (TPSA) is 28.7 Å². The molecule has 0 unspecified atom stereocenters. The lowest BCUT2D eigenvalue weighted by Gasteiger charge is -1.90. The highest BCUT2D eigenvalue weighted by molar-refractivity contribution is 6.30. The van der Waals surface area contributed by atoms with E-state index in [9.17, 15) is 0 Å². The van der Waals surface area contributed by atoms with Crippen LogP contribution in [-0.4, -0.2) is 9.97 Å². The van der Waals surface area contributed by atoms with Crippen LogP contribution >= 0.6 is 11.6 Å². The Balaban J connectivity index is 2.87. The number of fused-ring (bicyclic) bond motifs is 1. The third-order valence-corrected chi connectivity index (χ3v) is 1.95. The van der Waals surface area contributed by atoms with Crippen LogP contribution in [-0.2, 0) is 0 Å². The maximum Gasteiger partial charge on any atom is 0.129 e. The molecule has 0 saturated carbocycles. The molecule has 0 aliphatic rings. The number of hydrogen-bond donors (Lipinski definition) is 1. The molecule has 0 saturated heterocycles. The Kier molecular flexibility index (Phi) is 1.36. The van der Waals surface area contributed by atoms with Crippen LogP contribution in [0.15, 0.2) is 18.5 Å². The first-order valence-corrected chi connectivity index (χ1v) is 3.74. The Morgan fingerprint density at radius 1 is 1.55 bits per heavy atom. The molecule has 0 radical (unpaired) electrons. The zero-order valence-corrected chi connectivity index (χ0v) is 6.81. The predicted molar refractivity (Wildman–Crippen MR) is 45.8 cm³/mol. The van der Waals surface area contributed by atoms with E-state index in [1.807, 2.05) is 19.2 Å². The summed E-state index contributed by atoms with van der Waals surface area (Å²) >= 11 is 5.72. The van der Waals surface area contributed by atoms with Crippen molar-refractivity contribution in [2.24, 2.45) is 0 Å². The molecule has 0 atom stereocenters. The van der Waals surface area contributed by atoms with Crippen molar-refractivity contribution in [1.82, 2.24) is 9.97 Å². The molecule has 56 valence electrons. The zero-order chi connectivity index (χ0) is 7.84. The van der Waals surface area contributed by atoms with Crippen LogP contribution in [0.3, 0.4) is 0 Å². The first-order chi connectivity index (χ1) is 5.27. The third-order valence-electron chi connectivity index (χ3n) is 1.74. The summed E-state index contributed by atoms with van der Waals surface area (Å²) in [5.74, 6) is 0. The van der Waals surface area contributed by atoms with Crippen LogP contribution in [0.4, 0.5) is 0 Å². The minimum Gasteiger partial charge on any atom is -0.360 e. The number of nitrogens with one attached hydrogen (secondary N) is 1. The molecule has 11 heavy (non-hydrogen) atoms. The second-order valence-electron chi connectivity index (χ2n) is 2.52. The van der Waals surface area contributed by atoms with Crippen molar-refractivity contribution in [2.45, 2.75) is 6.92 Å². The molecule has 2 aromatic rings. The molecular formula is C8H7ClN2. The second-order valence-corrected chi connectivity index (χ2v) is 2.91. The maximum atomic E-state index is 5.72. The zero-order valence-electron chi connectivity index (χ0n) is 6.06. The lowest BCUT2D eigenvalue weighted by molar-refractivity contribution is 1.34. The number of nitrogens with zero attached hydrogens (tertiary/aromatic N) is 1. The number of aryl methyl sites for hydroxylation is 1. The summed E-state index contributed by atoms with van der Waals surface area (Å²) in [6.45, 7) is 2.04. The fraction of sp³-hybridized carbons (Fsp3) is 0.125. The molecule has 0 spiro atoms. The van der Waals surface area contributed by atoms with E-state index < -0.39 is 0 Å². The molecule has 0 amide bonds. The van der Waals surface area contributed by atoms with E-state index in [2.05, 4.69) is 9.97 Å². The summed E-state index contributed by atoms with van der Waals surface area (Å²) < 4.78 is 0. The molecule has 0 aliphatic carbocycles. The standard InChI is InChI=1S/C8H7ClN2/c1-5-3-10-7-4-11-8(9)2-6(5)7/h2-4,10H,1H3. The van der Waals surface area contributed by atoms with Gasteiger partial charge in [-0.05, 0) is 18.6 Å². The number of aromatic nitrogens is 2. The van der Waals surface area contributed by atoms with Gasteiger partial charge in [-0.25, -0.2) is 4.98 Å². The summed E-state index contributed by atoms with van der Waals surface area (Å²) in [6.07, 6.45) is 3.69. The Labute approximate surface area is 69.2 Å². The molecule has 0 bridgehead atoms. The number of aromatic amines is 1. The highest BCUT2D eigenvalue weighted by atomic mass is 35.5. The van der Waals surface area contributed by atoms with Crippen molar-refractivity contribution in [3.8, 4) is 0 Å². The van der Waals surface area contributed by atoms with Gasteiger partial charge in [-0.1, -0.05) is 11.6 Å². The Morgan fingerprint density at radius 2 is 2.36 bits per heavy atom. The van der Waals surface area contributed by atoms with Crippen LogP contribution in [0.5, 0.6) is 0 Å². The van der Waals surface area contributed by atoms with Gasteiger partial charge in [0.15, 0.2) is 0 Å². The van der Waals surface area contributed by atoms with Crippen LogP contribution in [0.25, 0.3) is 10.9 Å². The van der Waals surface area contributed by atoms with Crippen molar-refractivity contribution in [3.05, 3.63) is 29.2 Å². The molecule has 1 N–H and O–H groups in total. The summed E-state index contributed by atoms with van der Waals surface area (Å²) in [7, 11) is 0. The van der Waals surface area contributed by atoms with Gasteiger partial charge in [0.05, 0.1) is 11.7 Å². The monoisotopic (exact) mass is 166 g/mol. The van der Waals surface area contributed by atoms with Gasteiger partial charge < -0.3 is 4.98 Å². The maximum absolute atomic E-state index is 5.72. The van der Waals surface area contributed by atoms with E-state index in [-0.39, 0.29) is 0 Å². The largest absolute Gasteiger partial charge is 0.360 e. The molecular weight excluding hydrogens is 160 g/mol. The fourth-order valence-corrected chi connectivity index (χ4v) is 1.29. The summed E-state index contributed by atoms with van der Waals surface area (Å²) in [4.78, 5) is 7.05. The summed E-state index contributed by atoms with van der Waals surface area (Å²) in [6, 6.07) is 1.86. The Hall–Kier alpha value is -1.02. The van der Waals surface area contributed by atoms with Gasteiger partial charge in [0.25, 0.3) is 0 Å². The summed E-state index contributed by atoms with van der Waals surface area (Å²) in [5, 5.41) is 1.69. The van der Waals surface area contributed by atoms with Crippen LogP contribution in [0, 0.1) is 6.92 Å². The first-order valence-electron chi connectivity index (χ1n) is 3.36. The number of pyridine rings is 1. The average Bonchev–Trinajstić information content (AvgIpc) is 2.33. The smallest absolute Gasteiger partial charge is 0.129 e. The van der Waals surface area contributed by atoms with E-state index in [0.29, 0.717) is 5.15 Å². The summed E-state index contributed by atoms with van der Waals surface area (Å²) in [5.41, 5.74) is 2.23. The number of hydrogen-bond acceptors (Lipinski definition) is 1. The molecule has 2 nitrogen and oxygen atoms in total. The predicted octanol–water partition coefficient (Wildman–Crippen LogP) is 2.52. The van der Waals surface area contributed by atoms with Crippen molar-refractivity contribution in [1.29, 1.82) is 0 Å². The van der Waals surface area contributed by atoms with Gasteiger partial charge in [0, 0.05) is 11.6 Å². The van der Waals surface area contributed by atoms with Gasteiger partial charge in [-0.3, -0.25) is 0 Å². The van der Waals surface area contributed by atoms with Crippen molar-refractivity contribution in [2.75, 3.05) is 0 Å². The fourth-order valence-electron chi connectivity index (χ4n) is 1.13. The molecule has 0 aromatic carbocycles. The van der Waals surface area contributed by atoms with Gasteiger partial charge in [-0.15, -0.1) is 0 Å². The Bertz CT molecular complexity index is 392. The minimum absolute atomic E-state index is 0.542. The number of halogens is 1. The van der Waals surface area contributed by atoms with Crippen molar-refractivity contribution >= 4 is 22.5 Å². The highest BCUT2D eigenvalue weighted by Crippen LogP contribution is 2.18.